The van der Waals surface area contributed by atoms with Crippen LogP contribution in [0.15, 0.2) is 18.5 Å². The maximum absolute atomic E-state index is 11.9. The van der Waals surface area contributed by atoms with Gasteiger partial charge in [0.1, 0.15) is 0 Å². The van der Waals surface area contributed by atoms with E-state index < -0.39 is 0 Å². The second kappa shape index (κ2) is 9.96. The Balaban J connectivity index is 2.10. The molecule has 106 valence electrons. The summed E-state index contributed by atoms with van der Waals surface area (Å²) in [6, 6.07) is 1.70. The van der Waals surface area contributed by atoms with Gasteiger partial charge >= 0.3 is 0 Å². The number of carbonyl (C=O) groups is 1. The largest absolute Gasteiger partial charge is 0.294 e. The molecule has 0 atom stereocenters. The van der Waals surface area contributed by atoms with Crippen LogP contribution >= 0.6 is 11.6 Å². The molecule has 1 aromatic heterocycles. The van der Waals surface area contributed by atoms with Crippen molar-refractivity contribution in [2.75, 3.05) is 0 Å². The molecule has 0 spiro atoms. The van der Waals surface area contributed by atoms with E-state index in [-0.39, 0.29) is 5.78 Å². The Morgan fingerprint density at radius 3 is 2.37 bits per heavy atom. The van der Waals surface area contributed by atoms with Crippen LogP contribution < -0.4 is 0 Å². The molecule has 0 saturated carbocycles. The van der Waals surface area contributed by atoms with Gasteiger partial charge in [-0.05, 0) is 12.5 Å². The van der Waals surface area contributed by atoms with Crippen LogP contribution in [-0.2, 0) is 0 Å². The molecule has 1 rings (SSSR count). The fourth-order valence-corrected chi connectivity index (χ4v) is 2.38. The number of halogens is 1. The number of hydrogen-bond acceptors (Lipinski definition) is 2. The predicted octanol–water partition coefficient (Wildman–Crippen LogP) is 5.45. The van der Waals surface area contributed by atoms with Crippen molar-refractivity contribution >= 4 is 17.4 Å². The van der Waals surface area contributed by atoms with E-state index in [1.165, 1.54) is 44.7 Å². The van der Waals surface area contributed by atoms with Crippen molar-refractivity contribution in [3.8, 4) is 0 Å². The molecule has 0 aliphatic heterocycles. The first-order valence-corrected chi connectivity index (χ1v) is 7.76. The van der Waals surface area contributed by atoms with E-state index in [0.717, 1.165) is 12.8 Å². The van der Waals surface area contributed by atoms with E-state index in [9.17, 15) is 4.79 Å². The summed E-state index contributed by atoms with van der Waals surface area (Å²) in [5.74, 6) is 0.137. The first-order chi connectivity index (χ1) is 9.25. The topological polar surface area (TPSA) is 30.0 Å². The number of hydrogen-bond donors (Lipinski definition) is 0. The molecule has 1 aromatic rings. The highest BCUT2D eigenvalue weighted by Gasteiger charge is 2.09. The Hall–Kier alpha value is -0.890. The fourth-order valence-electron chi connectivity index (χ4n) is 2.16. The van der Waals surface area contributed by atoms with Gasteiger partial charge in [0.05, 0.1) is 5.02 Å². The number of pyridine rings is 1. The van der Waals surface area contributed by atoms with Gasteiger partial charge in [-0.3, -0.25) is 9.78 Å². The SMILES string of the molecule is CCCCCCCCCCC(=O)c1ccncc1Cl. The molecule has 0 unspecified atom stereocenters. The van der Waals surface area contributed by atoms with Gasteiger partial charge in [0.2, 0.25) is 0 Å². The molecule has 0 amide bonds. The minimum atomic E-state index is 0.137. The maximum Gasteiger partial charge on any atom is 0.164 e. The molecular weight excluding hydrogens is 258 g/mol. The molecule has 0 radical (unpaired) electrons. The fraction of sp³-hybridized carbons (Fsp3) is 0.625. The van der Waals surface area contributed by atoms with E-state index in [1.54, 1.807) is 12.3 Å². The van der Waals surface area contributed by atoms with Crippen molar-refractivity contribution < 1.29 is 4.79 Å². The lowest BCUT2D eigenvalue weighted by Gasteiger charge is -2.03. The molecule has 2 nitrogen and oxygen atoms in total. The van der Waals surface area contributed by atoms with Crippen LogP contribution in [0.25, 0.3) is 0 Å². The lowest BCUT2D eigenvalue weighted by molar-refractivity contribution is 0.0979. The summed E-state index contributed by atoms with van der Waals surface area (Å²) < 4.78 is 0. The molecule has 0 N–H and O–H groups in total. The Bertz CT molecular complexity index is 379. The number of rotatable bonds is 10. The lowest BCUT2D eigenvalue weighted by Crippen LogP contribution is -2.00. The number of carbonyl (C=O) groups excluding carboxylic acids is 1. The van der Waals surface area contributed by atoms with E-state index in [0.29, 0.717) is 17.0 Å². The van der Waals surface area contributed by atoms with Crippen LogP contribution in [0, 0.1) is 0 Å². The van der Waals surface area contributed by atoms with E-state index in [1.807, 2.05) is 0 Å². The second-order valence-corrected chi connectivity index (χ2v) is 5.41. The predicted molar refractivity (Wildman–Crippen MR) is 80.8 cm³/mol. The van der Waals surface area contributed by atoms with Crippen molar-refractivity contribution in [1.29, 1.82) is 0 Å². The minimum absolute atomic E-state index is 0.137. The third-order valence-electron chi connectivity index (χ3n) is 3.33. The molecule has 19 heavy (non-hydrogen) atoms. The van der Waals surface area contributed by atoms with Crippen molar-refractivity contribution in [3.63, 3.8) is 0 Å². The third-order valence-corrected chi connectivity index (χ3v) is 3.63. The highest BCUT2D eigenvalue weighted by atomic mass is 35.5. The number of aromatic nitrogens is 1. The highest BCUT2D eigenvalue weighted by molar-refractivity contribution is 6.33. The number of unbranched alkanes of at least 4 members (excludes halogenated alkanes) is 7. The van der Waals surface area contributed by atoms with Gasteiger partial charge in [-0.2, -0.15) is 0 Å². The highest BCUT2D eigenvalue weighted by Crippen LogP contribution is 2.17. The molecule has 0 aliphatic rings. The summed E-state index contributed by atoms with van der Waals surface area (Å²) >= 11 is 5.95. The second-order valence-electron chi connectivity index (χ2n) is 5.00. The molecule has 0 bridgehead atoms. The summed E-state index contributed by atoms with van der Waals surface area (Å²) in [6.07, 6.45) is 13.7. The van der Waals surface area contributed by atoms with E-state index >= 15 is 0 Å². The van der Waals surface area contributed by atoms with Crippen LogP contribution in [-0.4, -0.2) is 10.8 Å². The number of Topliss-reactive ketones (excluding diaryl/α,β-unsaturated/α-hetero) is 1. The molecule has 0 aromatic carbocycles. The van der Waals surface area contributed by atoms with Gasteiger partial charge < -0.3 is 0 Å². The molecule has 0 fully saturated rings. The standard InChI is InChI=1S/C16H24ClNO/c1-2-3-4-5-6-7-8-9-10-16(19)14-11-12-18-13-15(14)17/h11-13H,2-10H2,1H3. The molecule has 0 saturated heterocycles. The zero-order chi connectivity index (χ0) is 13.9. The van der Waals surface area contributed by atoms with Crippen molar-refractivity contribution in [2.45, 2.75) is 64.7 Å². The summed E-state index contributed by atoms with van der Waals surface area (Å²) in [5, 5.41) is 0.465. The van der Waals surface area contributed by atoms with Crippen LogP contribution in [0.5, 0.6) is 0 Å². The van der Waals surface area contributed by atoms with Gasteiger partial charge in [-0.15, -0.1) is 0 Å². The van der Waals surface area contributed by atoms with Crippen LogP contribution in [0.2, 0.25) is 5.02 Å². The summed E-state index contributed by atoms with van der Waals surface area (Å²) in [4.78, 5) is 15.8. The molecule has 3 heteroatoms. The smallest absolute Gasteiger partial charge is 0.164 e. The maximum atomic E-state index is 11.9. The van der Waals surface area contributed by atoms with Gasteiger partial charge in [-0.25, -0.2) is 0 Å². The quantitative estimate of drug-likeness (QED) is 0.422. The zero-order valence-corrected chi connectivity index (χ0v) is 12.6. The minimum Gasteiger partial charge on any atom is -0.294 e. The first kappa shape index (κ1) is 16.2. The summed E-state index contributed by atoms with van der Waals surface area (Å²) in [6.45, 7) is 2.23. The Kier molecular flexibility index (Phi) is 8.48. The Morgan fingerprint density at radius 2 is 1.74 bits per heavy atom. The average molecular weight is 282 g/mol. The Morgan fingerprint density at radius 1 is 1.11 bits per heavy atom. The zero-order valence-electron chi connectivity index (χ0n) is 11.8. The average Bonchev–Trinajstić information content (AvgIpc) is 2.42. The van der Waals surface area contributed by atoms with Crippen molar-refractivity contribution in [1.82, 2.24) is 4.98 Å². The van der Waals surface area contributed by atoms with Gasteiger partial charge in [0.25, 0.3) is 0 Å². The molecular formula is C16H24ClNO. The van der Waals surface area contributed by atoms with E-state index in [2.05, 4.69) is 11.9 Å². The summed E-state index contributed by atoms with van der Waals surface area (Å²) in [5.41, 5.74) is 0.611. The van der Waals surface area contributed by atoms with Gasteiger partial charge in [0.15, 0.2) is 5.78 Å². The van der Waals surface area contributed by atoms with Crippen LogP contribution in [0.1, 0.15) is 75.1 Å². The van der Waals surface area contributed by atoms with Gasteiger partial charge in [-0.1, -0.05) is 63.5 Å². The lowest BCUT2D eigenvalue weighted by atomic mass is 10.0. The van der Waals surface area contributed by atoms with Crippen molar-refractivity contribution in [2.24, 2.45) is 0 Å². The van der Waals surface area contributed by atoms with Crippen LogP contribution in [0.4, 0.5) is 0 Å². The summed E-state index contributed by atoms with van der Waals surface area (Å²) in [7, 11) is 0. The van der Waals surface area contributed by atoms with Crippen LogP contribution in [0.3, 0.4) is 0 Å². The third kappa shape index (κ3) is 6.72. The van der Waals surface area contributed by atoms with Crippen molar-refractivity contribution in [3.05, 3.63) is 29.0 Å². The monoisotopic (exact) mass is 281 g/mol. The molecule has 0 aliphatic carbocycles. The van der Waals surface area contributed by atoms with Gasteiger partial charge in [0, 0.05) is 24.4 Å². The Labute approximate surface area is 121 Å². The number of nitrogens with zero attached hydrogens (tertiary/aromatic N) is 1. The van der Waals surface area contributed by atoms with E-state index in [4.69, 9.17) is 11.6 Å². The normalized spacial score (nSPS) is 10.6. The number of ketones is 1. The first-order valence-electron chi connectivity index (χ1n) is 7.38. The molecule has 1 heterocycles.